The molecule has 0 aliphatic rings. The van der Waals surface area contributed by atoms with Crippen molar-refractivity contribution in [3.63, 3.8) is 0 Å². The molecule has 0 aliphatic heterocycles. The minimum Gasteiger partial charge on any atom is -0.235 e. The monoisotopic (exact) mass is 234 g/mol. The van der Waals surface area contributed by atoms with E-state index < -0.39 is 0 Å². The molecule has 0 unspecified atom stereocenters. The van der Waals surface area contributed by atoms with Crippen molar-refractivity contribution in [1.29, 1.82) is 0 Å². The maximum atomic E-state index is 2.28. The van der Waals surface area contributed by atoms with Crippen molar-refractivity contribution in [1.82, 2.24) is 9.13 Å². The van der Waals surface area contributed by atoms with Crippen LogP contribution in [-0.2, 0) is 20.8 Å². The maximum absolute atomic E-state index is 2.28. The van der Waals surface area contributed by atoms with Crippen LogP contribution in [0.2, 0.25) is 0 Å². The Morgan fingerprint density at radius 3 is 1.41 bits per heavy atom. The van der Waals surface area contributed by atoms with Gasteiger partial charge >= 0.3 is 0 Å². The molecule has 0 radical (unpaired) electrons. The van der Waals surface area contributed by atoms with Gasteiger partial charge in [0.25, 0.3) is 11.6 Å². The van der Waals surface area contributed by atoms with Crippen molar-refractivity contribution in [3.8, 4) is 0 Å². The summed E-state index contributed by atoms with van der Waals surface area (Å²) in [6.45, 7) is 9.45. The predicted octanol–water partition coefficient (Wildman–Crippen LogP) is 0.678. The van der Waals surface area contributed by atoms with E-state index in [1.807, 2.05) is 0 Å². The van der Waals surface area contributed by atoms with Crippen molar-refractivity contribution in [2.75, 3.05) is 0 Å². The summed E-state index contributed by atoms with van der Waals surface area (Å²) in [7, 11) is 4.21. The topological polar surface area (TPSA) is 17.6 Å². The van der Waals surface area contributed by atoms with Crippen molar-refractivity contribution in [3.05, 3.63) is 35.4 Å². The first-order valence-corrected chi connectivity index (χ1v) is 5.96. The van der Waals surface area contributed by atoms with Crippen LogP contribution in [0, 0.1) is 27.7 Å². The Balaban J connectivity index is 2.38. The van der Waals surface area contributed by atoms with E-state index in [1.54, 1.807) is 0 Å². The fourth-order valence-electron chi connectivity index (χ4n) is 2.16. The molecule has 4 nitrogen and oxygen atoms in total. The summed E-state index contributed by atoms with van der Waals surface area (Å²) in [5.74, 6) is 2.55. The van der Waals surface area contributed by atoms with E-state index in [0.29, 0.717) is 0 Å². The Morgan fingerprint density at radius 1 is 0.824 bits per heavy atom. The summed E-state index contributed by atoms with van der Waals surface area (Å²) in [5.41, 5.74) is 2.57. The summed E-state index contributed by atoms with van der Waals surface area (Å²) in [4.78, 5) is 0. The molecule has 2 heterocycles. The summed E-state index contributed by atoms with van der Waals surface area (Å²) < 4.78 is 8.99. The maximum Gasteiger partial charge on any atom is 0.256 e. The average molecular weight is 234 g/mol. The quantitative estimate of drug-likeness (QED) is 0.680. The number of hydrogen-bond donors (Lipinski definition) is 0. The SMILES string of the molecule is Cc1c[n+](C[n+]2cc(C)n(C)c2C)c(C)n1C. The Labute approximate surface area is 103 Å². The summed E-state index contributed by atoms with van der Waals surface area (Å²) in [5, 5.41) is 0. The highest BCUT2D eigenvalue weighted by Gasteiger charge is 2.19. The molecule has 0 atom stereocenters. The minimum absolute atomic E-state index is 0.876. The molecule has 2 aromatic heterocycles. The second kappa shape index (κ2) is 4.02. The highest BCUT2D eigenvalue weighted by molar-refractivity contribution is 4.94. The Morgan fingerprint density at radius 2 is 1.18 bits per heavy atom. The normalized spacial score (nSPS) is 11.2. The zero-order valence-electron chi connectivity index (χ0n) is 11.7. The van der Waals surface area contributed by atoms with Gasteiger partial charge in [0.2, 0.25) is 6.67 Å². The van der Waals surface area contributed by atoms with Gasteiger partial charge in [-0.15, -0.1) is 0 Å². The molecule has 4 heteroatoms. The molecule has 0 aromatic carbocycles. The zero-order valence-corrected chi connectivity index (χ0v) is 11.7. The molecule has 0 fully saturated rings. The summed E-state index contributed by atoms with van der Waals surface area (Å²) in [6.07, 6.45) is 4.40. The van der Waals surface area contributed by atoms with Crippen molar-refractivity contribution in [2.24, 2.45) is 14.1 Å². The molecule has 17 heavy (non-hydrogen) atoms. The van der Waals surface area contributed by atoms with Gasteiger partial charge in [0, 0.05) is 27.7 Å². The number of imidazole rings is 2. The van der Waals surface area contributed by atoms with Gasteiger partial charge in [-0.05, 0) is 0 Å². The third-order valence-electron chi connectivity index (χ3n) is 3.85. The van der Waals surface area contributed by atoms with Gasteiger partial charge < -0.3 is 0 Å². The highest BCUT2D eigenvalue weighted by atomic mass is 15.3. The smallest absolute Gasteiger partial charge is 0.235 e. The van der Waals surface area contributed by atoms with Gasteiger partial charge in [0.15, 0.2) is 0 Å². The van der Waals surface area contributed by atoms with Gasteiger partial charge in [-0.25, -0.2) is 9.13 Å². The second-order valence-electron chi connectivity index (χ2n) is 4.83. The van der Waals surface area contributed by atoms with E-state index in [9.17, 15) is 0 Å². The molecule has 0 bridgehead atoms. The lowest BCUT2D eigenvalue weighted by Gasteiger charge is -1.97. The number of hydrogen-bond acceptors (Lipinski definition) is 0. The van der Waals surface area contributed by atoms with Crippen LogP contribution >= 0.6 is 0 Å². The molecule has 0 spiro atoms. The van der Waals surface area contributed by atoms with Crippen LogP contribution in [0.3, 0.4) is 0 Å². The molecule has 0 saturated heterocycles. The molecule has 0 amide bonds. The van der Waals surface area contributed by atoms with Gasteiger partial charge in [-0.3, -0.25) is 0 Å². The number of nitrogens with zero attached hydrogens (tertiary/aromatic N) is 4. The van der Waals surface area contributed by atoms with Crippen molar-refractivity contribution in [2.45, 2.75) is 34.4 Å². The van der Waals surface area contributed by atoms with Crippen LogP contribution in [0.1, 0.15) is 23.0 Å². The zero-order chi connectivity index (χ0) is 12.7. The Kier molecular flexibility index (Phi) is 2.81. The molecule has 0 saturated carbocycles. The van der Waals surface area contributed by atoms with Crippen LogP contribution in [0.4, 0.5) is 0 Å². The largest absolute Gasteiger partial charge is 0.256 e. The summed E-state index contributed by atoms with van der Waals surface area (Å²) >= 11 is 0. The van der Waals surface area contributed by atoms with Crippen LogP contribution in [-0.4, -0.2) is 9.13 Å². The number of aryl methyl sites for hydroxylation is 2. The molecular formula is C13H22N4+2. The third kappa shape index (κ3) is 1.88. The van der Waals surface area contributed by atoms with Crippen molar-refractivity contribution < 1.29 is 9.13 Å². The fraction of sp³-hybridized carbons (Fsp3) is 0.538. The first-order chi connectivity index (χ1) is 7.91. The van der Waals surface area contributed by atoms with E-state index in [0.717, 1.165) is 6.67 Å². The molecule has 0 N–H and O–H groups in total. The molecule has 2 rings (SSSR count). The molecule has 0 aliphatic carbocycles. The van der Waals surface area contributed by atoms with Crippen LogP contribution < -0.4 is 9.13 Å². The first-order valence-electron chi connectivity index (χ1n) is 5.96. The van der Waals surface area contributed by atoms with Crippen LogP contribution in [0.15, 0.2) is 12.4 Å². The minimum atomic E-state index is 0.876. The van der Waals surface area contributed by atoms with E-state index in [-0.39, 0.29) is 0 Å². The van der Waals surface area contributed by atoms with Crippen molar-refractivity contribution >= 4 is 0 Å². The molecule has 2 aromatic rings. The van der Waals surface area contributed by atoms with Gasteiger partial charge in [-0.1, -0.05) is 0 Å². The first kappa shape index (κ1) is 11.9. The van der Waals surface area contributed by atoms with E-state index in [1.165, 1.54) is 23.0 Å². The highest BCUT2D eigenvalue weighted by Crippen LogP contribution is 1.99. The number of aromatic nitrogens is 4. The lowest BCUT2D eigenvalue weighted by atomic mass is 10.5. The molecular weight excluding hydrogens is 212 g/mol. The predicted molar refractivity (Wildman–Crippen MR) is 65.6 cm³/mol. The molecule has 92 valence electrons. The second-order valence-corrected chi connectivity index (χ2v) is 4.83. The lowest BCUT2D eigenvalue weighted by molar-refractivity contribution is -0.917. The number of rotatable bonds is 2. The third-order valence-corrected chi connectivity index (χ3v) is 3.85. The average Bonchev–Trinajstić information content (AvgIpc) is 2.66. The Hall–Kier alpha value is -1.58. The lowest BCUT2D eigenvalue weighted by Crippen LogP contribution is -2.53. The Bertz CT molecular complexity index is 510. The van der Waals surface area contributed by atoms with Crippen LogP contribution in [0.25, 0.3) is 0 Å². The van der Waals surface area contributed by atoms with E-state index >= 15 is 0 Å². The van der Waals surface area contributed by atoms with Gasteiger partial charge in [0.05, 0.1) is 14.1 Å². The summed E-state index contributed by atoms with van der Waals surface area (Å²) in [6, 6.07) is 0. The standard InChI is InChI=1S/C13H22N4/c1-10-7-16(12(3)14(10)5)9-17-8-11(2)15(6)13(17)4/h7-8H,9H2,1-6H3/q+2. The van der Waals surface area contributed by atoms with Crippen LogP contribution in [0.5, 0.6) is 0 Å². The fourth-order valence-corrected chi connectivity index (χ4v) is 2.16. The van der Waals surface area contributed by atoms with Gasteiger partial charge in [-0.2, -0.15) is 9.13 Å². The van der Waals surface area contributed by atoms with E-state index in [4.69, 9.17) is 0 Å². The van der Waals surface area contributed by atoms with Gasteiger partial charge in [0.1, 0.15) is 23.8 Å². The van der Waals surface area contributed by atoms with E-state index in [2.05, 4.69) is 72.5 Å².